The van der Waals surface area contributed by atoms with Crippen LogP contribution in [0.5, 0.6) is 5.75 Å². The summed E-state index contributed by atoms with van der Waals surface area (Å²) in [4.78, 5) is 12.0. The van der Waals surface area contributed by atoms with Crippen molar-refractivity contribution in [2.75, 3.05) is 19.8 Å². The molecule has 9 heteroatoms. The number of hydrogen-bond acceptors (Lipinski definition) is 4. The Morgan fingerprint density at radius 3 is 2.44 bits per heavy atom. The van der Waals surface area contributed by atoms with Gasteiger partial charge in [0.05, 0.1) is 6.04 Å². The Hall–Kier alpha value is -1.51. The third-order valence-electron chi connectivity index (χ3n) is 3.95. The van der Waals surface area contributed by atoms with E-state index in [0.717, 1.165) is 18.4 Å². The van der Waals surface area contributed by atoms with Crippen molar-refractivity contribution in [1.82, 2.24) is 5.32 Å². The van der Waals surface area contributed by atoms with E-state index in [0.29, 0.717) is 26.2 Å². The summed E-state index contributed by atoms with van der Waals surface area (Å²) in [5.41, 5.74) is 6.76. The normalized spacial score (nSPS) is 16.6. The van der Waals surface area contributed by atoms with Crippen molar-refractivity contribution in [2.45, 2.75) is 31.7 Å². The molecule has 1 saturated heterocycles. The van der Waals surface area contributed by atoms with Crippen LogP contribution in [0.1, 0.15) is 18.4 Å². The molecule has 5 nitrogen and oxygen atoms in total. The number of carbonyl (C=O) groups excluding carboxylic acids is 1. The fourth-order valence-corrected chi connectivity index (χ4v) is 2.59. The van der Waals surface area contributed by atoms with Gasteiger partial charge in [0.25, 0.3) is 0 Å². The molecule has 1 aromatic carbocycles. The first kappa shape index (κ1) is 21.5. The van der Waals surface area contributed by atoms with Crippen molar-refractivity contribution in [3.63, 3.8) is 0 Å². The van der Waals surface area contributed by atoms with Gasteiger partial charge in [-0.1, -0.05) is 12.1 Å². The van der Waals surface area contributed by atoms with Gasteiger partial charge in [-0.2, -0.15) is 0 Å². The number of hydrogen-bond donors (Lipinski definition) is 2. The van der Waals surface area contributed by atoms with E-state index in [1.807, 2.05) is 0 Å². The SMILES string of the molecule is Cl.NC(C(=O)NCCc1ccc(OC(F)(F)F)cc1)C1CCOCC1. The molecule has 0 aliphatic carbocycles. The number of halogens is 4. The van der Waals surface area contributed by atoms with Crippen LogP contribution in [0.25, 0.3) is 0 Å². The molecule has 3 N–H and O–H groups in total. The minimum atomic E-state index is -4.70. The third kappa shape index (κ3) is 7.50. The quantitative estimate of drug-likeness (QED) is 0.792. The second kappa shape index (κ2) is 9.84. The lowest BCUT2D eigenvalue weighted by atomic mass is 9.92. The van der Waals surface area contributed by atoms with E-state index in [2.05, 4.69) is 10.1 Å². The summed E-state index contributed by atoms with van der Waals surface area (Å²) in [7, 11) is 0. The van der Waals surface area contributed by atoms with Gasteiger partial charge in [0.1, 0.15) is 5.75 Å². The molecule has 1 heterocycles. The van der Waals surface area contributed by atoms with Gasteiger partial charge in [-0.15, -0.1) is 25.6 Å². The number of benzene rings is 1. The highest BCUT2D eigenvalue weighted by atomic mass is 35.5. The summed E-state index contributed by atoms with van der Waals surface area (Å²) in [5, 5.41) is 2.77. The second-order valence-corrected chi connectivity index (χ2v) is 5.71. The first-order valence-electron chi connectivity index (χ1n) is 7.81. The Morgan fingerprint density at radius 2 is 1.88 bits per heavy atom. The summed E-state index contributed by atoms with van der Waals surface area (Å²) < 4.78 is 45.3. The average Bonchev–Trinajstić information content (AvgIpc) is 2.55. The highest BCUT2D eigenvalue weighted by molar-refractivity contribution is 5.85. The summed E-state index contributed by atoms with van der Waals surface area (Å²) in [6, 6.07) is 5.00. The molecule has 0 bridgehead atoms. The zero-order valence-corrected chi connectivity index (χ0v) is 14.4. The van der Waals surface area contributed by atoms with Crippen LogP contribution >= 0.6 is 12.4 Å². The molecule has 0 radical (unpaired) electrons. The number of ether oxygens (including phenoxy) is 2. The lowest BCUT2D eigenvalue weighted by molar-refractivity contribution is -0.274. The van der Waals surface area contributed by atoms with Crippen LogP contribution < -0.4 is 15.8 Å². The van der Waals surface area contributed by atoms with Gasteiger partial charge in [0, 0.05) is 19.8 Å². The summed E-state index contributed by atoms with van der Waals surface area (Å²) in [5.74, 6) is -0.353. The Balaban J connectivity index is 0.00000312. The largest absolute Gasteiger partial charge is 0.573 e. The van der Waals surface area contributed by atoms with Gasteiger partial charge in [-0.25, -0.2) is 0 Å². The Morgan fingerprint density at radius 1 is 1.28 bits per heavy atom. The number of nitrogens with two attached hydrogens (primary N) is 1. The van der Waals surface area contributed by atoms with E-state index >= 15 is 0 Å². The van der Waals surface area contributed by atoms with Crippen molar-refractivity contribution >= 4 is 18.3 Å². The van der Waals surface area contributed by atoms with Crippen molar-refractivity contribution < 1.29 is 27.4 Å². The number of carbonyl (C=O) groups is 1. The first-order chi connectivity index (χ1) is 11.3. The molecule has 0 spiro atoms. The molecule has 142 valence electrons. The predicted octanol–water partition coefficient (Wildman–Crippen LogP) is 2.42. The maximum atomic E-state index is 12.1. The highest BCUT2D eigenvalue weighted by Crippen LogP contribution is 2.22. The maximum Gasteiger partial charge on any atom is 0.573 e. The standard InChI is InChI=1S/C16H21F3N2O3.ClH/c17-16(18,19)24-13-3-1-11(2-4-13)5-8-21-15(22)14(20)12-6-9-23-10-7-12;/h1-4,12,14H,5-10,20H2,(H,21,22);1H. The number of rotatable bonds is 6. The summed E-state index contributed by atoms with van der Waals surface area (Å²) in [6.45, 7) is 1.62. The van der Waals surface area contributed by atoms with Gasteiger partial charge in [-0.3, -0.25) is 4.79 Å². The molecule has 0 aromatic heterocycles. The van der Waals surface area contributed by atoms with Gasteiger partial charge >= 0.3 is 6.36 Å². The minimum Gasteiger partial charge on any atom is -0.406 e. The number of alkyl halides is 3. The van der Waals surface area contributed by atoms with Crippen LogP contribution in [-0.4, -0.2) is 38.1 Å². The molecule has 1 unspecified atom stereocenters. The molecule has 1 aromatic rings. The van der Waals surface area contributed by atoms with Gasteiger partial charge < -0.3 is 20.5 Å². The first-order valence-corrected chi connectivity index (χ1v) is 7.81. The van der Waals surface area contributed by atoms with Crippen molar-refractivity contribution in [3.8, 4) is 5.75 Å². The van der Waals surface area contributed by atoms with E-state index in [4.69, 9.17) is 10.5 Å². The number of amides is 1. The van der Waals surface area contributed by atoms with E-state index < -0.39 is 12.4 Å². The van der Waals surface area contributed by atoms with E-state index in [1.165, 1.54) is 24.3 Å². The smallest absolute Gasteiger partial charge is 0.406 e. The Bertz CT molecular complexity index is 534. The molecule has 25 heavy (non-hydrogen) atoms. The summed E-state index contributed by atoms with van der Waals surface area (Å²) >= 11 is 0. The van der Waals surface area contributed by atoms with Crippen LogP contribution in [-0.2, 0) is 16.0 Å². The van der Waals surface area contributed by atoms with Gasteiger partial charge in [0.15, 0.2) is 0 Å². The van der Waals surface area contributed by atoms with E-state index in [9.17, 15) is 18.0 Å². The predicted molar refractivity (Wildman–Crippen MR) is 88.6 cm³/mol. The van der Waals surface area contributed by atoms with E-state index in [1.54, 1.807) is 0 Å². The fraction of sp³-hybridized carbons (Fsp3) is 0.562. The monoisotopic (exact) mass is 382 g/mol. The van der Waals surface area contributed by atoms with Gasteiger partial charge in [-0.05, 0) is 42.9 Å². The lowest BCUT2D eigenvalue weighted by Crippen LogP contribution is -2.47. The van der Waals surface area contributed by atoms with Crippen LogP contribution in [0.2, 0.25) is 0 Å². The average molecular weight is 383 g/mol. The van der Waals surface area contributed by atoms with Crippen molar-refractivity contribution in [3.05, 3.63) is 29.8 Å². The molecule has 2 rings (SSSR count). The molecule has 1 fully saturated rings. The molecular formula is C16H22ClF3N2O3. The van der Waals surface area contributed by atoms with Crippen LogP contribution in [0.4, 0.5) is 13.2 Å². The Labute approximate surface area is 150 Å². The van der Waals surface area contributed by atoms with Crippen LogP contribution in [0.15, 0.2) is 24.3 Å². The topological polar surface area (TPSA) is 73.6 Å². The molecular weight excluding hydrogens is 361 g/mol. The summed E-state index contributed by atoms with van der Waals surface area (Å²) in [6.07, 6.45) is -2.65. The molecule has 1 atom stereocenters. The maximum absolute atomic E-state index is 12.1. The molecule has 1 aliphatic rings. The fourth-order valence-electron chi connectivity index (χ4n) is 2.59. The zero-order chi connectivity index (χ0) is 17.6. The highest BCUT2D eigenvalue weighted by Gasteiger charge is 2.31. The second-order valence-electron chi connectivity index (χ2n) is 5.71. The molecule has 1 amide bonds. The Kier molecular flexibility index (Phi) is 8.47. The van der Waals surface area contributed by atoms with Gasteiger partial charge in [0.2, 0.25) is 5.91 Å². The minimum absolute atomic E-state index is 0. The van der Waals surface area contributed by atoms with Crippen LogP contribution in [0.3, 0.4) is 0 Å². The van der Waals surface area contributed by atoms with E-state index in [-0.39, 0.29) is 30.0 Å². The third-order valence-corrected chi connectivity index (χ3v) is 3.95. The zero-order valence-electron chi connectivity index (χ0n) is 13.6. The van der Waals surface area contributed by atoms with Crippen molar-refractivity contribution in [2.24, 2.45) is 11.7 Å². The van der Waals surface area contributed by atoms with Crippen molar-refractivity contribution in [1.29, 1.82) is 0 Å². The molecule has 1 aliphatic heterocycles. The lowest BCUT2D eigenvalue weighted by Gasteiger charge is -2.26. The van der Waals surface area contributed by atoms with Crippen LogP contribution in [0, 0.1) is 5.92 Å². The number of nitrogens with one attached hydrogen (secondary N) is 1. The molecule has 0 saturated carbocycles.